The highest BCUT2D eigenvalue weighted by Gasteiger charge is 2.30. The molecular weight excluding hydrogens is 218 g/mol. The summed E-state index contributed by atoms with van der Waals surface area (Å²) in [6, 6.07) is 6.94. The standard InChI is InChI=1S/C13H17NO3/c15-10-3-1-2-9(8-10)11-4-6-14-7-5-12(11)13(16)17/h1-3,8,11-12,14-15H,4-7H2,(H,16,17). The molecule has 2 unspecified atom stereocenters. The lowest BCUT2D eigenvalue weighted by atomic mass is 9.82. The van der Waals surface area contributed by atoms with Crippen LogP contribution in [0.5, 0.6) is 5.75 Å². The van der Waals surface area contributed by atoms with Crippen LogP contribution in [0.3, 0.4) is 0 Å². The fourth-order valence-corrected chi connectivity index (χ4v) is 2.49. The Bertz CT molecular complexity index is 405. The van der Waals surface area contributed by atoms with Gasteiger partial charge < -0.3 is 15.5 Å². The topological polar surface area (TPSA) is 69.6 Å². The van der Waals surface area contributed by atoms with Gasteiger partial charge in [-0.1, -0.05) is 12.1 Å². The van der Waals surface area contributed by atoms with E-state index in [1.165, 1.54) is 0 Å². The van der Waals surface area contributed by atoms with Crippen LogP contribution in [-0.2, 0) is 4.79 Å². The number of carboxylic acid groups (broad SMARTS) is 1. The Morgan fingerprint density at radius 1 is 1.29 bits per heavy atom. The van der Waals surface area contributed by atoms with Crippen LogP contribution >= 0.6 is 0 Å². The molecular formula is C13H17NO3. The zero-order valence-electron chi connectivity index (χ0n) is 9.60. The molecule has 1 aliphatic heterocycles. The monoisotopic (exact) mass is 235 g/mol. The molecule has 17 heavy (non-hydrogen) atoms. The van der Waals surface area contributed by atoms with Crippen LogP contribution < -0.4 is 5.32 Å². The summed E-state index contributed by atoms with van der Waals surface area (Å²) in [6.07, 6.45) is 1.43. The van der Waals surface area contributed by atoms with Crippen molar-refractivity contribution in [2.75, 3.05) is 13.1 Å². The Morgan fingerprint density at radius 3 is 2.76 bits per heavy atom. The van der Waals surface area contributed by atoms with Gasteiger partial charge in [-0.15, -0.1) is 0 Å². The predicted octanol–water partition coefficient (Wildman–Crippen LogP) is 1.56. The maximum absolute atomic E-state index is 11.3. The van der Waals surface area contributed by atoms with Crippen molar-refractivity contribution in [1.29, 1.82) is 0 Å². The smallest absolute Gasteiger partial charge is 0.307 e. The Labute approximate surface area is 100 Å². The van der Waals surface area contributed by atoms with Crippen molar-refractivity contribution < 1.29 is 15.0 Å². The van der Waals surface area contributed by atoms with Gasteiger partial charge in [0.25, 0.3) is 0 Å². The van der Waals surface area contributed by atoms with Gasteiger partial charge in [0.15, 0.2) is 0 Å². The summed E-state index contributed by atoms with van der Waals surface area (Å²) in [7, 11) is 0. The first kappa shape index (κ1) is 11.9. The fourth-order valence-electron chi connectivity index (χ4n) is 2.49. The average Bonchev–Trinajstić information content (AvgIpc) is 2.54. The van der Waals surface area contributed by atoms with Crippen molar-refractivity contribution in [3.63, 3.8) is 0 Å². The minimum absolute atomic E-state index is 0.0189. The van der Waals surface area contributed by atoms with E-state index in [0.29, 0.717) is 6.42 Å². The predicted molar refractivity (Wildman–Crippen MR) is 64.1 cm³/mol. The zero-order chi connectivity index (χ0) is 12.3. The van der Waals surface area contributed by atoms with Crippen LogP contribution in [-0.4, -0.2) is 29.3 Å². The molecule has 2 atom stereocenters. The van der Waals surface area contributed by atoms with E-state index in [-0.39, 0.29) is 17.6 Å². The number of rotatable bonds is 2. The van der Waals surface area contributed by atoms with Crippen LogP contribution in [0.25, 0.3) is 0 Å². The molecule has 1 aliphatic rings. The summed E-state index contributed by atoms with van der Waals surface area (Å²) in [5.74, 6) is -0.938. The van der Waals surface area contributed by atoms with Gasteiger partial charge >= 0.3 is 5.97 Å². The minimum Gasteiger partial charge on any atom is -0.508 e. The van der Waals surface area contributed by atoms with E-state index in [9.17, 15) is 15.0 Å². The van der Waals surface area contributed by atoms with Gasteiger partial charge in [-0.2, -0.15) is 0 Å². The Hall–Kier alpha value is -1.55. The third kappa shape index (κ3) is 2.77. The largest absolute Gasteiger partial charge is 0.508 e. The van der Waals surface area contributed by atoms with Crippen LogP contribution in [0.2, 0.25) is 0 Å². The molecule has 1 aromatic carbocycles. The summed E-state index contributed by atoms with van der Waals surface area (Å²) in [4.78, 5) is 11.3. The second-order valence-corrected chi connectivity index (χ2v) is 4.47. The van der Waals surface area contributed by atoms with E-state index in [1.807, 2.05) is 6.07 Å². The van der Waals surface area contributed by atoms with Crippen molar-refractivity contribution in [1.82, 2.24) is 5.32 Å². The number of carbonyl (C=O) groups is 1. The fraction of sp³-hybridized carbons (Fsp3) is 0.462. The number of hydrogen-bond acceptors (Lipinski definition) is 3. The molecule has 1 heterocycles. The summed E-state index contributed by atoms with van der Waals surface area (Å²) in [5, 5.41) is 22.0. The van der Waals surface area contributed by atoms with Crippen molar-refractivity contribution in [3.8, 4) is 5.75 Å². The molecule has 1 aromatic rings. The summed E-state index contributed by atoms with van der Waals surface area (Å²) < 4.78 is 0. The molecule has 92 valence electrons. The minimum atomic E-state index is -0.748. The van der Waals surface area contributed by atoms with Gasteiger partial charge in [0.05, 0.1) is 5.92 Å². The average molecular weight is 235 g/mol. The molecule has 2 rings (SSSR count). The van der Waals surface area contributed by atoms with Gasteiger partial charge in [-0.05, 0) is 49.5 Å². The van der Waals surface area contributed by atoms with Gasteiger partial charge in [0, 0.05) is 0 Å². The number of aliphatic carboxylic acids is 1. The normalized spacial score (nSPS) is 25.2. The van der Waals surface area contributed by atoms with Crippen LogP contribution in [0.15, 0.2) is 24.3 Å². The molecule has 0 bridgehead atoms. The molecule has 1 fully saturated rings. The summed E-state index contributed by atoms with van der Waals surface area (Å²) >= 11 is 0. The van der Waals surface area contributed by atoms with Gasteiger partial charge in [0.2, 0.25) is 0 Å². The molecule has 0 saturated carbocycles. The number of benzene rings is 1. The van der Waals surface area contributed by atoms with Crippen molar-refractivity contribution in [2.45, 2.75) is 18.8 Å². The third-order valence-corrected chi connectivity index (χ3v) is 3.37. The molecule has 0 aliphatic carbocycles. The first-order valence-corrected chi connectivity index (χ1v) is 5.91. The Balaban J connectivity index is 2.28. The summed E-state index contributed by atoms with van der Waals surface area (Å²) in [6.45, 7) is 1.57. The molecule has 4 nitrogen and oxygen atoms in total. The van der Waals surface area contributed by atoms with E-state index < -0.39 is 5.97 Å². The number of nitrogens with one attached hydrogen (secondary N) is 1. The molecule has 3 N–H and O–H groups in total. The Kier molecular flexibility index (Phi) is 3.64. The molecule has 4 heteroatoms. The Morgan fingerprint density at radius 2 is 2.06 bits per heavy atom. The molecule has 1 saturated heterocycles. The van der Waals surface area contributed by atoms with E-state index in [2.05, 4.69) is 5.32 Å². The van der Waals surface area contributed by atoms with Gasteiger partial charge in [0.1, 0.15) is 5.75 Å². The second-order valence-electron chi connectivity index (χ2n) is 4.47. The highest BCUT2D eigenvalue weighted by atomic mass is 16.4. The van der Waals surface area contributed by atoms with Gasteiger partial charge in [-0.3, -0.25) is 4.79 Å². The van der Waals surface area contributed by atoms with Gasteiger partial charge in [-0.25, -0.2) is 0 Å². The highest BCUT2D eigenvalue weighted by Crippen LogP contribution is 2.33. The quantitative estimate of drug-likeness (QED) is 0.727. The first-order chi connectivity index (χ1) is 8.18. The lowest BCUT2D eigenvalue weighted by Crippen LogP contribution is -2.22. The molecule has 0 amide bonds. The number of phenols is 1. The third-order valence-electron chi connectivity index (χ3n) is 3.37. The highest BCUT2D eigenvalue weighted by molar-refractivity contribution is 5.71. The van der Waals surface area contributed by atoms with Crippen LogP contribution in [0.1, 0.15) is 24.3 Å². The molecule has 0 spiro atoms. The maximum Gasteiger partial charge on any atom is 0.307 e. The number of hydrogen-bond donors (Lipinski definition) is 3. The number of phenolic OH excluding ortho intramolecular Hbond substituents is 1. The first-order valence-electron chi connectivity index (χ1n) is 5.91. The zero-order valence-corrected chi connectivity index (χ0v) is 9.60. The SMILES string of the molecule is O=C(O)C1CCNCCC1c1cccc(O)c1. The number of aromatic hydroxyl groups is 1. The lowest BCUT2D eigenvalue weighted by Gasteiger charge is -2.21. The van der Waals surface area contributed by atoms with Crippen molar-refractivity contribution >= 4 is 5.97 Å². The van der Waals surface area contributed by atoms with E-state index in [1.54, 1.807) is 18.2 Å². The molecule has 0 radical (unpaired) electrons. The molecule has 0 aromatic heterocycles. The summed E-state index contributed by atoms with van der Waals surface area (Å²) in [5.41, 5.74) is 0.918. The van der Waals surface area contributed by atoms with Crippen molar-refractivity contribution in [3.05, 3.63) is 29.8 Å². The second kappa shape index (κ2) is 5.19. The van der Waals surface area contributed by atoms with E-state index >= 15 is 0 Å². The maximum atomic E-state index is 11.3. The number of carboxylic acids is 1. The van der Waals surface area contributed by atoms with Crippen LogP contribution in [0.4, 0.5) is 0 Å². The van der Waals surface area contributed by atoms with E-state index in [0.717, 1.165) is 25.1 Å². The lowest BCUT2D eigenvalue weighted by molar-refractivity contribution is -0.142. The van der Waals surface area contributed by atoms with Crippen LogP contribution in [0, 0.1) is 5.92 Å². The van der Waals surface area contributed by atoms with E-state index in [4.69, 9.17) is 0 Å². The van der Waals surface area contributed by atoms with Crippen molar-refractivity contribution in [2.24, 2.45) is 5.92 Å².